The van der Waals surface area contributed by atoms with E-state index >= 15 is 0 Å². The molecule has 0 saturated carbocycles. The second-order valence-electron chi connectivity index (χ2n) is 4.13. The van der Waals surface area contributed by atoms with Gasteiger partial charge in [-0.15, -0.1) is 0 Å². The quantitative estimate of drug-likeness (QED) is 0.812. The number of aliphatic carboxylic acids is 1. The largest absolute Gasteiger partial charge is 0.480 e. The van der Waals surface area contributed by atoms with Gasteiger partial charge in [-0.05, 0) is 12.1 Å². The van der Waals surface area contributed by atoms with Crippen molar-refractivity contribution in [3.63, 3.8) is 0 Å². The molecule has 0 spiro atoms. The first kappa shape index (κ1) is 14.9. The summed E-state index contributed by atoms with van der Waals surface area (Å²) in [6.45, 7) is -0.564. The standard InChI is InChI=1S/C12H13N3O5S/c1-15-7-9(6-13-15)21(18,19)14-10-4-2-3-5-11(10)20-8-12(16)17/h2-7,14H,8H2,1H3,(H,16,17). The first-order chi connectivity index (χ1) is 9.88. The van der Waals surface area contributed by atoms with E-state index in [0.29, 0.717) is 0 Å². The normalized spacial score (nSPS) is 11.1. The highest BCUT2D eigenvalue weighted by molar-refractivity contribution is 7.92. The highest BCUT2D eigenvalue weighted by Crippen LogP contribution is 2.26. The number of hydrogen-bond acceptors (Lipinski definition) is 5. The minimum atomic E-state index is -3.81. The lowest BCUT2D eigenvalue weighted by molar-refractivity contribution is -0.139. The van der Waals surface area contributed by atoms with E-state index in [2.05, 4.69) is 9.82 Å². The summed E-state index contributed by atoms with van der Waals surface area (Å²) in [6, 6.07) is 6.17. The lowest BCUT2D eigenvalue weighted by Gasteiger charge is -2.11. The predicted molar refractivity (Wildman–Crippen MR) is 73.6 cm³/mol. The van der Waals surface area contributed by atoms with E-state index in [1.807, 2.05) is 0 Å². The molecule has 0 aliphatic rings. The van der Waals surface area contributed by atoms with Crippen LogP contribution in [0.1, 0.15) is 0 Å². The third kappa shape index (κ3) is 3.72. The summed E-state index contributed by atoms with van der Waals surface area (Å²) in [6.07, 6.45) is 2.56. The fourth-order valence-corrected chi connectivity index (χ4v) is 2.61. The van der Waals surface area contributed by atoms with Gasteiger partial charge in [0.15, 0.2) is 6.61 Å². The van der Waals surface area contributed by atoms with Gasteiger partial charge < -0.3 is 9.84 Å². The number of carboxylic acids is 1. The average Bonchev–Trinajstić information content (AvgIpc) is 2.85. The molecular weight excluding hydrogens is 298 g/mol. The number of aryl methyl sites for hydroxylation is 1. The maximum atomic E-state index is 12.2. The molecule has 0 aliphatic carbocycles. The number of hydrogen-bond donors (Lipinski definition) is 2. The Labute approximate surface area is 121 Å². The van der Waals surface area contributed by atoms with Gasteiger partial charge >= 0.3 is 5.97 Å². The van der Waals surface area contributed by atoms with Crippen molar-refractivity contribution in [3.8, 4) is 5.75 Å². The predicted octanol–water partition coefficient (Wildman–Crippen LogP) is 0.684. The molecule has 9 heteroatoms. The summed E-state index contributed by atoms with van der Waals surface area (Å²) < 4.78 is 33.1. The molecule has 112 valence electrons. The highest BCUT2D eigenvalue weighted by Gasteiger charge is 2.18. The molecule has 0 radical (unpaired) electrons. The number of carboxylic acid groups (broad SMARTS) is 1. The van der Waals surface area contributed by atoms with E-state index in [4.69, 9.17) is 9.84 Å². The molecule has 1 heterocycles. The van der Waals surface area contributed by atoms with Crippen LogP contribution in [-0.4, -0.2) is 35.9 Å². The topological polar surface area (TPSA) is 111 Å². The maximum Gasteiger partial charge on any atom is 0.341 e. The Balaban J connectivity index is 2.25. The van der Waals surface area contributed by atoms with E-state index in [-0.39, 0.29) is 16.3 Å². The molecule has 0 aliphatic heterocycles. The number of benzene rings is 1. The van der Waals surface area contributed by atoms with Crippen LogP contribution in [0.15, 0.2) is 41.6 Å². The molecule has 0 bridgehead atoms. The van der Waals surface area contributed by atoms with Crippen molar-refractivity contribution in [1.82, 2.24) is 9.78 Å². The maximum absolute atomic E-state index is 12.2. The lowest BCUT2D eigenvalue weighted by Crippen LogP contribution is -2.15. The van der Waals surface area contributed by atoms with Gasteiger partial charge in [-0.25, -0.2) is 13.2 Å². The van der Waals surface area contributed by atoms with Gasteiger partial charge in [-0.2, -0.15) is 5.10 Å². The SMILES string of the molecule is Cn1cc(S(=O)(=O)Nc2ccccc2OCC(=O)O)cn1. The Hall–Kier alpha value is -2.55. The molecule has 1 aromatic carbocycles. The Bertz CT molecular complexity index is 754. The molecule has 8 nitrogen and oxygen atoms in total. The van der Waals surface area contributed by atoms with Crippen LogP contribution in [0.25, 0.3) is 0 Å². The van der Waals surface area contributed by atoms with Gasteiger partial charge in [-0.1, -0.05) is 12.1 Å². The number of rotatable bonds is 6. The number of ether oxygens (including phenoxy) is 1. The summed E-state index contributed by atoms with van der Waals surface area (Å²) in [5.41, 5.74) is 0.155. The van der Waals surface area contributed by atoms with Crippen molar-refractivity contribution < 1.29 is 23.1 Å². The lowest BCUT2D eigenvalue weighted by atomic mass is 10.3. The summed E-state index contributed by atoms with van der Waals surface area (Å²) in [4.78, 5) is 10.5. The molecule has 0 unspecified atom stereocenters. The number of anilines is 1. The minimum Gasteiger partial charge on any atom is -0.480 e. The van der Waals surface area contributed by atoms with Crippen LogP contribution in [0, 0.1) is 0 Å². The number of aromatic nitrogens is 2. The van der Waals surface area contributed by atoms with Crippen LogP contribution in [0.5, 0.6) is 5.75 Å². The van der Waals surface area contributed by atoms with E-state index in [0.717, 1.165) is 0 Å². The second kappa shape index (κ2) is 5.83. The van der Waals surface area contributed by atoms with E-state index in [9.17, 15) is 13.2 Å². The first-order valence-electron chi connectivity index (χ1n) is 5.83. The molecule has 1 aromatic heterocycles. The summed E-state index contributed by atoms with van der Waals surface area (Å²) in [7, 11) is -2.21. The fraction of sp³-hybridized carbons (Fsp3) is 0.167. The van der Waals surface area contributed by atoms with Crippen molar-refractivity contribution in [1.29, 1.82) is 0 Å². The molecule has 2 N–H and O–H groups in total. The smallest absolute Gasteiger partial charge is 0.341 e. The molecule has 21 heavy (non-hydrogen) atoms. The third-order valence-corrected chi connectivity index (χ3v) is 3.79. The molecule has 2 rings (SSSR count). The zero-order valence-electron chi connectivity index (χ0n) is 11.1. The van der Waals surface area contributed by atoms with Crippen molar-refractivity contribution in [3.05, 3.63) is 36.7 Å². The Kier molecular flexibility index (Phi) is 4.13. The van der Waals surface area contributed by atoms with Crippen LogP contribution in [0.4, 0.5) is 5.69 Å². The third-order valence-electron chi connectivity index (χ3n) is 2.47. The number of para-hydroxylation sites is 2. The summed E-state index contributed by atoms with van der Waals surface area (Å²) in [5.74, 6) is -1.02. The van der Waals surface area contributed by atoms with Crippen molar-refractivity contribution in [2.24, 2.45) is 7.05 Å². The average molecular weight is 311 g/mol. The van der Waals surface area contributed by atoms with E-state index in [1.54, 1.807) is 19.2 Å². The molecule has 0 saturated heterocycles. The van der Waals surface area contributed by atoms with Gasteiger partial charge in [0.05, 0.1) is 11.9 Å². The zero-order valence-corrected chi connectivity index (χ0v) is 11.9. The number of nitrogens with zero attached hydrogens (tertiary/aromatic N) is 2. The van der Waals surface area contributed by atoms with Gasteiger partial charge in [0.25, 0.3) is 10.0 Å². The van der Waals surface area contributed by atoms with Crippen molar-refractivity contribution >= 4 is 21.7 Å². The number of carbonyl (C=O) groups is 1. The van der Waals surface area contributed by atoms with E-state index < -0.39 is 22.6 Å². The molecule has 0 fully saturated rings. The zero-order chi connectivity index (χ0) is 15.5. The Morgan fingerprint density at radius 3 is 2.76 bits per heavy atom. The molecular formula is C12H13N3O5S. The van der Waals surface area contributed by atoms with E-state index in [1.165, 1.54) is 29.2 Å². The van der Waals surface area contributed by atoms with Gasteiger partial charge in [0.2, 0.25) is 0 Å². The van der Waals surface area contributed by atoms with Crippen LogP contribution in [-0.2, 0) is 21.9 Å². The van der Waals surface area contributed by atoms with Crippen LogP contribution in [0.2, 0.25) is 0 Å². The van der Waals surface area contributed by atoms with Crippen LogP contribution < -0.4 is 9.46 Å². The van der Waals surface area contributed by atoms with Gasteiger partial charge in [-0.3, -0.25) is 9.40 Å². The summed E-state index contributed by atoms with van der Waals surface area (Å²) >= 11 is 0. The molecule has 2 aromatic rings. The van der Waals surface area contributed by atoms with Gasteiger partial charge in [0.1, 0.15) is 10.6 Å². The summed E-state index contributed by atoms with van der Waals surface area (Å²) in [5, 5.41) is 12.4. The van der Waals surface area contributed by atoms with Crippen molar-refractivity contribution in [2.75, 3.05) is 11.3 Å². The highest BCUT2D eigenvalue weighted by atomic mass is 32.2. The van der Waals surface area contributed by atoms with Gasteiger partial charge in [0, 0.05) is 13.2 Å². The molecule has 0 amide bonds. The number of sulfonamides is 1. The number of nitrogens with one attached hydrogen (secondary N) is 1. The second-order valence-corrected chi connectivity index (χ2v) is 5.82. The molecule has 0 atom stereocenters. The monoisotopic (exact) mass is 311 g/mol. The minimum absolute atomic E-state index is 0.00182. The van der Waals surface area contributed by atoms with Crippen LogP contribution >= 0.6 is 0 Å². The Morgan fingerprint density at radius 2 is 2.14 bits per heavy atom. The van der Waals surface area contributed by atoms with Crippen LogP contribution in [0.3, 0.4) is 0 Å². The fourth-order valence-electron chi connectivity index (χ4n) is 1.56. The van der Waals surface area contributed by atoms with Crippen molar-refractivity contribution in [2.45, 2.75) is 4.90 Å². The Morgan fingerprint density at radius 1 is 1.43 bits per heavy atom. The first-order valence-corrected chi connectivity index (χ1v) is 7.32.